The molecule has 1 atom stereocenters. The molecule has 0 fully saturated rings. The fourth-order valence-electron chi connectivity index (χ4n) is 2.32. The number of pyridine rings is 1. The highest BCUT2D eigenvalue weighted by Crippen LogP contribution is 2.13. The Hall–Kier alpha value is -2.47. The molecule has 1 aromatic heterocycles. The van der Waals surface area contributed by atoms with E-state index in [-0.39, 0.29) is 36.9 Å². The van der Waals surface area contributed by atoms with Gasteiger partial charge in [0, 0.05) is 24.7 Å². The minimum Gasteiger partial charge on any atom is -0.394 e. The lowest BCUT2D eigenvalue weighted by Gasteiger charge is -2.17. The molecule has 23 heavy (non-hydrogen) atoms. The number of rotatable bonds is 6. The number of amides is 1. The third-order valence-electron chi connectivity index (χ3n) is 3.62. The van der Waals surface area contributed by atoms with Crippen molar-refractivity contribution in [3.05, 3.63) is 69.9 Å². The van der Waals surface area contributed by atoms with Crippen molar-refractivity contribution in [2.24, 2.45) is 0 Å². The summed E-state index contributed by atoms with van der Waals surface area (Å²) in [5.74, 6) is -0.667. The van der Waals surface area contributed by atoms with Crippen molar-refractivity contribution in [2.75, 3.05) is 6.61 Å². The minimum atomic E-state index is -0.600. The lowest BCUT2D eigenvalue weighted by atomic mass is 10.1. The van der Waals surface area contributed by atoms with Gasteiger partial charge in [-0.2, -0.15) is 0 Å². The monoisotopic (exact) mass is 318 g/mol. The molecule has 1 amide bonds. The summed E-state index contributed by atoms with van der Waals surface area (Å²) >= 11 is 0. The molecule has 0 unspecified atom stereocenters. The highest BCUT2D eigenvalue weighted by molar-refractivity contribution is 5.76. The van der Waals surface area contributed by atoms with E-state index in [9.17, 15) is 19.1 Å². The average Bonchev–Trinajstić information content (AvgIpc) is 2.53. The van der Waals surface area contributed by atoms with Crippen molar-refractivity contribution in [1.82, 2.24) is 9.88 Å². The van der Waals surface area contributed by atoms with Crippen LogP contribution >= 0.6 is 0 Å². The maximum absolute atomic E-state index is 12.9. The van der Waals surface area contributed by atoms with Crippen molar-refractivity contribution >= 4 is 5.91 Å². The number of hydrogen-bond donors (Lipinski definition) is 2. The van der Waals surface area contributed by atoms with Crippen LogP contribution in [-0.4, -0.2) is 22.2 Å². The van der Waals surface area contributed by atoms with E-state index < -0.39 is 6.04 Å². The van der Waals surface area contributed by atoms with Gasteiger partial charge in [-0.05, 0) is 30.7 Å². The molecule has 6 heteroatoms. The Morgan fingerprint density at radius 3 is 2.57 bits per heavy atom. The Morgan fingerprint density at radius 1 is 1.26 bits per heavy atom. The number of nitrogens with zero attached hydrogens (tertiary/aromatic N) is 1. The second-order valence-corrected chi connectivity index (χ2v) is 5.26. The van der Waals surface area contributed by atoms with Crippen molar-refractivity contribution in [1.29, 1.82) is 0 Å². The third kappa shape index (κ3) is 4.50. The molecule has 0 aliphatic heterocycles. The van der Waals surface area contributed by atoms with Gasteiger partial charge in [-0.25, -0.2) is 4.39 Å². The number of aliphatic hydroxyl groups is 1. The molecule has 0 saturated carbocycles. The summed E-state index contributed by atoms with van der Waals surface area (Å²) in [6, 6.07) is 9.90. The molecule has 0 aliphatic carbocycles. The zero-order valence-electron chi connectivity index (χ0n) is 12.8. The van der Waals surface area contributed by atoms with E-state index in [2.05, 4.69) is 5.32 Å². The minimum absolute atomic E-state index is 0.114. The lowest BCUT2D eigenvalue weighted by molar-refractivity contribution is -0.122. The van der Waals surface area contributed by atoms with Gasteiger partial charge < -0.3 is 15.0 Å². The van der Waals surface area contributed by atoms with Crippen LogP contribution in [0, 0.1) is 12.7 Å². The Balaban J connectivity index is 1.98. The smallest absolute Gasteiger partial charge is 0.250 e. The molecule has 0 aliphatic rings. The van der Waals surface area contributed by atoms with Gasteiger partial charge in [0.15, 0.2) is 0 Å². The molecule has 2 N–H and O–H groups in total. The van der Waals surface area contributed by atoms with Crippen LogP contribution in [0.4, 0.5) is 4.39 Å². The van der Waals surface area contributed by atoms with E-state index in [1.165, 1.54) is 34.9 Å². The number of halogens is 1. The van der Waals surface area contributed by atoms with Crippen LogP contribution in [0.2, 0.25) is 0 Å². The predicted octanol–water partition coefficient (Wildman–Crippen LogP) is 1.54. The first kappa shape index (κ1) is 16.9. The SMILES string of the molecule is Cc1cccc(=O)n1CCC(=O)N[C@@H](CO)c1ccc(F)cc1. The maximum Gasteiger partial charge on any atom is 0.250 e. The molecule has 0 radical (unpaired) electrons. The average molecular weight is 318 g/mol. The van der Waals surface area contributed by atoms with Crippen LogP contribution in [0.3, 0.4) is 0 Å². The molecule has 122 valence electrons. The van der Waals surface area contributed by atoms with Gasteiger partial charge in [0.2, 0.25) is 5.91 Å². The maximum atomic E-state index is 12.9. The fourth-order valence-corrected chi connectivity index (χ4v) is 2.32. The Bertz CT molecular complexity index is 725. The van der Waals surface area contributed by atoms with Crippen molar-refractivity contribution < 1.29 is 14.3 Å². The largest absolute Gasteiger partial charge is 0.394 e. The molecule has 0 spiro atoms. The number of aryl methyl sites for hydroxylation is 1. The summed E-state index contributed by atoms with van der Waals surface area (Å²) in [4.78, 5) is 23.8. The van der Waals surface area contributed by atoms with Crippen LogP contribution in [0.25, 0.3) is 0 Å². The lowest BCUT2D eigenvalue weighted by Crippen LogP contribution is -2.32. The zero-order chi connectivity index (χ0) is 16.8. The van der Waals surface area contributed by atoms with E-state index in [0.717, 1.165) is 5.69 Å². The van der Waals surface area contributed by atoms with Gasteiger partial charge in [-0.3, -0.25) is 9.59 Å². The molecule has 1 aromatic carbocycles. The number of benzene rings is 1. The molecule has 2 rings (SSSR count). The van der Waals surface area contributed by atoms with Gasteiger partial charge in [-0.1, -0.05) is 18.2 Å². The van der Waals surface area contributed by atoms with E-state index in [4.69, 9.17) is 0 Å². The quantitative estimate of drug-likeness (QED) is 0.848. The second-order valence-electron chi connectivity index (χ2n) is 5.26. The summed E-state index contributed by atoms with van der Waals surface area (Å²) in [5.41, 5.74) is 1.24. The van der Waals surface area contributed by atoms with Crippen LogP contribution in [0.5, 0.6) is 0 Å². The summed E-state index contributed by atoms with van der Waals surface area (Å²) in [7, 11) is 0. The third-order valence-corrected chi connectivity index (χ3v) is 3.62. The zero-order valence-corrected chi connectivity index (χ0v) is 12.8. The number of carbonyl (C=O) groups excluding carboxylic acids is 1. The first-order valence-corrected chi connectivity index (χ1v) is 7.33. The van der Waals surface area contributed by atoms with Crippen LogP contribution in [-0.2, 0) is 11.3 Å². The van der Waals surface area contributed by atoms with Gasteiger partial charge in [-0.15, -0.1) is 0 Å². The van der Waals surface area contributed by atoms with E-state index in [1.54, 1.807) is 19.1 Å². The molecular formula is C17H19FN2O3. The van der Waals surface area contributed by atoms with Gasteiger partial charge in [0.1, 0.15) is 5.82 Å². The standard InChI is InChI=1S/C17H19FN2O3/c1-12-3-2-4-17(23)20(12)10-9-16(22)19-15(11-21)13-5-7-14(18)8-6-13/h2-8,15,21H,9-11H2,1H3,(H,19,22)/t15-/m0/s1. The van der Waals surface area contributed by atoms with Crippen LogP contribution in [0.15, 0.2) is 47.3 Å². The molecule has 0 bridgehead atoms. The number of carbonyl (C=O) groups is 1. The predicted molar refractivity (Wildman–Crippen MR) is 84.4 cm³/mol. The molecule has 2 aromatic rings. The summed E-state index contributed by atoms with van der Waals surface area (Å²) in [6.07, 6.45) is 0.114. The topological polar surface area (TPSA) is 71.3 Å². The Labute approximate surface area is 133 Å². The highest BCUT2D eigenvalue weighted by Gasteiger charge is 2.14. The van der Waals surface area contributed by atoms with Crippen molar-refractivity contribution in [3.63, 3.8) is 0 Å². The number of aliphatic hydroxyl groups excluding tert-OH is 1. The van der Waals surface area contributed by atoms with E-state index in [1.807, 2.05) is 0 Å². The number of nitrogens with one attached hydrogen (secondary N) is 1. The highest BCUT2D eigenvalue weighted by atomic mass is 19.1. The van der Waals surface area contributed by atoms with Crippen molar-refractivity contribution in [2.45, 2.75) is 25.9 Å². The van der Waals surface area contributed by atoms with Gasteiger partial charge in [0.05, 0.1) is 12.6 Å². The fraction of sp³-hybridized carbons (Fsp3) is 0.294. The van der Waals surface area contributed by atoms with Gasteiger partial charge >= 0.3 is 0 Å². The Kier molecular flexibility index (Phi) is 5.65. The van der Waals surface area contributed by atoms with Crippen LogP contribution < -0.4 is 10.9 Å². The van der Waals surface area contributed by atoms with E-state index in [0.29, 0.717) is 5.56 Å². The summed E-state index contributed by atoms with van der Waals surface area (Å²) < 4.78 is 14.4. The summed E-state index contributed by atoms with van der Waals surface area (Å²) in [6.45, 7) is 1.77. The second kappa shape index (κ2) is 7.69. The summed E-state index contributed by atoms with van der Waals surface area (Å²) in [5, 5.41) is 12.1. The number of aromatic nitrogens is 1. The normalized spacial score (nSPS) is 12.0. The first-order valence-electron chi connectivity index (χ1n) is 7.33. The molecule has 5 nitrogen and oxygen atoms in total. The van der Waals surface area contributed by atoms with E-state index >= 15 is 0 Å². The first-order chi connectivity index (χ1) is 11.0. The van der Waals surface area contributed by atoms with Crippen molar-refractivity contribution in [3.8, 4) is 0 Å². The van der Waals surface area contributed by atoms with Crippen LogP contribution in [0.1, 0.15) is 23.7 Å². The molecule has 0 saturated heterocycles. The molecule has 1 heterocycles. The molecular weight excluding hydrogens is 299 g/mol. The van der Waals surface area contributed by atoms with Gasteiger partial charge in [0.25, 0.3) is 5.56 Å². The number of hydrogen-bond acceptors (Lipinski definition) is 3. The Morgan fingerprint density at radius 2 is 1.96 bits per heavy atom.